The average Bonchev–Trinajstić information content (AvgIpc) is 2.54. The number of hydrogen-bond donors (Lipinski definition) is 2. The number of carbonyl (C=O) groups is 2. The summed E-state index contributed by atoms with van der Waals surface area (Å²) in [6.07, 6.45) is 4.76. The van der Waals surface area contributed by atoms with Gasteiger partial charge in [-0.25, -0.2) is 12.7 Å². The molecule has 0 aliphatic rings. The lowest BCUT2D eigenvalue weighted by Gasteiger charge is -2.10. The SMILES string of the molecule is C[C@@H](NC(=O)c1cccc(C=CCCCS(=O)(=O)N(C)C)c1)C(=O)O. The van der Waals surface area contributed by atoms with Crippen LogP contribution >= 0.6 is 0 Å². The first-order valence-electron chi connectivity index (χ1n) is 7.84. The largest absolute Gasteiger partial charge is 0.480 e. The quantitative estimate of drug-likeness (QED) is 0.644. The molecule has 25 heavy (non-hydrogen) atoms. The van der Waals surface area contributed by atoms with E-state index in [0.717, 1.165) is 5.56 Å². The number of unbranched alkanes of at least 4 members (excludes halogenated alkanes) is 1. The maximum absolute atomic E-state index is 12.0. The summed E-state index contributed by atoms with van der Waals surface area (Å²) in [5, 5.41) is 11.2. The van der Waals surface area contributed by atoms with Gasteiger partial charge in [0.05, 0.1) is 5.75 Å². The fraction of sp³-hybridized carbons (Fsp3) is 0.412. The van der Waals surface area contributed by atoms with Crippen LogP contribution in [0.5, 0.6) is 0 Å². The van der Waals surface area contributed by atoms with Gasteiger partial charge < -0.3 is 10.4 Å². The Kier molecular flexibility index (Phi) is 7.79. The minimum Gasteiger partial charge on any atom is -0.480 e. The lowest BCUT2D eigenvalue weighted by Crippen LogP contribution is -2.38. The summed E-state index contributed by atoms with van der Waals surface area (Å²) in [6, 6.07) is 5.80. The molecule has 0 aliphatic carbocycles. The number of rotatable bonds is 9. The number of carbonyl (C=O) groups excluding carboxylic acids is 1. The van der Waals surface area contributed by atoms with E-state index in [1.54, 1.807) is 24.3 Å². The molecule has 1 atom stereocenters. The van der Waals surface area contributed by atoms with E-state index in [9.17, 15) is 18.0 Å². The number of amides is 1. The summed E-state index contributed by atoms with van der Waals surface area (Å²) in [7, 11) is -0.168. The monoisotopic (exact) mass is 368 g/mol. The maximum Gasteiger partial charge on any atom is 0.325 e. The molecule has 0 aromatic heterocycles. The van der Waals surface area contributed by atoms with Gasteiger partial charge in [-0.05, 0) is 37.5 Å². The molecular weight excluding hydrogens is 344 g/mol. The van der Waals surface area contributed by atoms with Crippen molar-refractivity contribution in [3.05, 3.63) is 41.5 Å². The van der Waals surface area contributed by atoms with Gasteiger partial charge in [-0.1, -0.05) is 24.3 Å². The van der Waals surface area contributed by atoms with Crippen LogP contribution in [0.1, 0.15) is 35.7 Å². The van der Waals surface area contributed by atoms with E-state index in [0.29, 0.717) is 18.4 Å². The topological polar surface area (TPSA) is 104 Å². The van der Waals surface area contributed by atoms with Crippen molar-refractivity contribution >= 4 is 28.0 Å². The first-order valence-corrected chi connectivity index (χ1v) is 9.45. The van der Waals surface area contributed by atoms with Gasteiger partial charge in [0.1, 0.15) is 6.04 Å². The molecule has 138 valence electrons. The number of nitrogens with zero attached hydrogens (tertiary/aromatic N) is 1. The smallest absolute Gasteiger partial charge is 0.325 e. The van der Waals surface area contributed by atoms with E-state index in [4.69, 9.17) is 5.11 Å². The van der Waals surface area contributed by atoms with E-state index in [2.05, 4.69) is 5.32 Å². The van der Waals surface area contributed by atoms with Gasteiger partial charge >= 0.3 is 5.97 Å². The van der Waals surface area contributed by atoms with E-state index < -0.39 is 27.9 Å². The highest BCUT2D eigenvalue weighted by molar-refractivity contribution is 7.89. The first-order chi connectivity index (χ1) is 11.6. The lowest BCUT2D eigenvalue weighted by atomic mass is 10.1. The molecule has 0 radical (unpaired) electrons. The van der Waals surface area contributed by atoms with Crippen LogP contribution in [0.2, 0.25) is 0 Å². The van der Waals surface area contributed by atoms with E-state index >= 15 is 0 Å². The molecule has 2 N–H and O–H groups in total. The van der Waals surface area contributed by atoms with Gasteiger partial charge in [0, 0.05) is 19.7 Å². The Bertz CT molecular complexity index is 741. The summed E-state index contributed by atoms with van der Waals surface area (Å²) < 4.78 is 24.5. The molecule has 0 fully saturated rings. The van der Waals surface area contributed by atoms with Gasteiger partial charge in [-0.15, -0.1) is 0 Å². The summed E-state index contributed by atoms with van der Waals surface area (Å²) >= 11 is 0. The van der Waals surface area contributed by atoms with Gasteiger partial charge in [0.15, 0.2) is 0 Å². The lowest BCUT2D eigenvalue weighted by molar-refractivity contribution is -0.138. The van der Waals surface area contributed by atoms with Crippen molar-refractivity contribution in [1.82, 2.24) is 9.62 Å². The molecule has 0 heterocycles. The van der Waals surface area contributed by atoms with Crippen LogP contribution in [0.25, 0.3) is 6.08 Å². The van der Waals surface area contributed by atoms with Gasteiger partial charge in [-0.3, -0.25) is 9.59 Å². The third-order valence-corrected chi connectivity index (χ3v) is 5.42. The Hall–Kier alpha value is -2.19. The molecule has 1 rings (SSSR count). The highest BCUT2D eigenvalue weighted by atomic mass is 32.2. The molecule has 0 bridgehead atoms. The summed E-state index contributed by atoms with van der Waals surface area (Å²) in [4.78, 5) is 22.8. The molecule has 0 saturated heterocycles. The Morgan fingerprint density at radius 3 is 2.60 bits per heavy atom. The van der Waals surface area contributed by atoms with Crippen LogP contribution < -0.4 is 5.32 Å². The molecule has 0 aliphatic heterocycles. The van der Waals surface area contributed by atoms with Crippen LogP contribution in [0, 0.1) is 0 Å². The molecule has 0 spiro atoms. The highest BCUT2D eigenvalue weighted by Crippen LogP contribution is 2.09. The first kappa shape index (κ1) is 20.9. The fourth-order valence-electron chi connectivity index (χ4n) is 1.91. The number of allylic oxidation sites excluding steroid dienone is 1. The third kappa shape index (κ3) is 7.06. The molecule has 1 aromatic carbocycles. The number of hydrogen-bond acceptors (Lipinski definition) is 4. The Labute approximate surface area is 148 Å². The number of carboxylic acid groups (broad SMARTS) is 1. The zero-order valence-corrected chi connectivity index (χ0v) is 15.4. The fourth-order valence-corrected chi connectivity index (χ4v) is 2.81. The number of nitrogens with one attached hydrogen (secondary N) is 1. The number of aliphatic carboxylic acids is 1. The maximum atomic E-state index is 12.0. The van der Waals surface area contributed by atoms with Crippen molar-refractivity contribution in [3.8, 4) is 0 Å². The van der Waals surface area contributed by atoms with Gasteiger partial charge in [0.25, 0.3) is 5.91 Å². The van der Waals surface area contributed by atoms with Crippen molar-refractivity contribution in [2.45, 2.75) is 25.8 Å². The second-order valence-electron chi connectivity index (χ2n) is 5.80. The standard InChI is InChI=1S/C17H24N2O5S/c1-13(17(21)22)18-16(20)15-10-7-9-14(12-15)8-5-4-6-11-25(23,24)19(2)3/h5,7-10,12-13H,4,6,11H2,1-3H3,(H,18,20)(H,21,22)/t13-/m1/s1. The Morgan fingerprint density at radius 1 is 1.32 bits per heavy atom. The molecule has 7 nitrogen and oxygen atoms in total. The summed E-state index contributed by atoms with van der Waals surface area (Å²) in [5.41, 5.74) is 1.15. The summed E-state index contributed by atoms with van der Waals surface area (Å²) in [6.45, 7) is 1.39. The van der Waals surface area contributed by atoms with Crippen molar-refractivity contribution in [2.24, 2.45) is 0 Å². The molecule has 0 saturated carbocycles. The minimum absolute atomic E-state index is 0.0832. The normalized spacial score (nSPS) is 13.1. The van der Waals surface area contributed by atoms with E-state index in [1.165, 1.54) is 25.3 Å². The highest BCUT2D eigenvalue weighted by Gasteiger charge is 2.15. The Morgan fingerprint density at radius 2 is 2.00 bits per heavy atom. The number of carboxylic acids is 1. The van der Waals surface area contributed by atoms with Crippen molar-refractivity contribution in [1.29, 1.82) is 0 Å². The van der Waals surface area contributed by atoms with Crippen LogP contribution in [0.15, 0.2) is 30.3 Å². The van der Waals surface area contributed by atoms with E-state index in [1.807, 2.05) is 12.1 Å². The minimum atomic E-state index is -3.18. The molecule has 1 aromatic rings. The van der Waals surface area contributed by atoms with Gasteiger partial charge in [0.2, 0.25) is 10.0 Å². The van der Waals surface area contributed by atoms with Crippen LogP contribution in [0.4, 0.5) is 0 Å². The zero-order valence-electron chi connectivity index (χ0n) is 14.6. The number of sulfonamides is 1. The second kappa shape index (κ2) is 9.33. The van der Waals surface area contributed by atoms with Crippen LogP contribution in [-0.2, 0) is 14.8 Å². The molecular formula is C17H24N2O5S. The molecule has 1 amide bonds. The Balaban J connectivity index is 2.60. The van der Waals surface area contributed by atoms with Crippen LogP contribution in [0.3, 0.4) is 0 Å². The van der Waals surface area contributed by atoms with Crippen molar-refractivity contribution in [3.63, 3.8) is 0 Å². The zero-order chi connectivity index (χ0) is 19.0. The predicted octanol–water partition coefficient (Wildman–Crippen LogP) is 1.57. The van der Waals surface area contributed by atoms with Crippen molar-refractivity contribution in [2.75, 3.05) is 19.8 Å². The van der Waals surface area contributed by atoms with Crippen molar-refractivity contribution < 1.29 is 23.1 Å². The summed E-state index contributed by atoms with van der Waals surface area (Å²) in [5.74, 6) is -1.47. The van der Waals surface area contributed by atoms with Crippen LogP contribution in [-0.4, -0.2) is 55.6 Å². The third-order valence-electron chi connectivity index (χ3n) is 3.51. The van der Waals surface area contributed by atoms with E-state index in [-0.39, 0.29) is 5.75 Å². The van der Waals surface area contributed by atoms with Gasteiger partial charge in [-0.2, -0.15) is 0 Å². The second-order valence-corrected chi connectivity index (χ2v) is 8.10. The average molecular weight is 368 g/mol. The molecule has 8 heteroatoms. The number of benzene rings is 1. The predicted molar refractivity (Wildman–Crippen MR) is 96.7 cm³/mol. The molecule has 0 unspecified atom stereocenters.